The van der Waals surface area contributed by atoms with E-state index in [1.54, 1.807) is 37.3 Å². The van der Waals surface area contributed by atoms with Gasteiger partial charge in [0.2, 0.25) is 0 Å². The predicted molar refractivity (Wildman–Crippen MR) is 93.3 cm³/mol. The number of fused-ring (bicyclic) bond motifs is 1. The number of rotatable bonds is 2. The number of amides is 3. The van der Waals surface area contributed by atoms with E-state index in [-0.39, 0.29) is 11.3 Å². The summed E-state index contributed by atoms with van der Waals surface area (Å²) in [4.78, 5) is 24.3. The molecule has 120 valence electrons. The van der Waals surface area contributed by atoms with Crippen molar-refractivity contribution < 1.29 is 14.7 Å². The highest BCUT2D eigenvalue weighted by Crippen LogP contribution is 2.30. The van der Waals surface area contributed by atoms with E-state index in [0.717, 1.165) is 10.8 Å². The molecule has 0 aliphatic carbocycles. The third-order valence-corrected chi connectivity index (χ3v) is 3.78. The Morgan fingerprint density at radius 1 is 0.958 bits per heavy atom. The second-order valence-corrected chi connectivity index (χ2v) is 5.39. The van der Waals surface area contributed by atoms with Gasteiger partial charge in [0.25, 0.3) is 5.91 Å². The maximum Gasteiger partial charge on any atom is 0.326 e. The van der Waals surface area contributed by atoms with Crippen molar-refractivity contribution in [3.63, 3.8) is 0 Å². The van der Waals surface area contributed by atoms with Crippen LogP contribution >= 0.6 is 0 Å². The quantitative estimate of drug-likeness (QED) is 0.672. The summed E-state index contributed by atoms with van der Waals surface area (Å²) >= 11 is 0. The largest absolute Gasteiger partial charge is 0.507 e. The number of anilines is 1. The average molecular weight is 320 g/mol. The Kier molecular flexibility index (Phi) is 4.16. The monoisotopic (exact) mass is 320 g/mol. The lowest BCUT2D eigenvalue weighted by Gasteiger charge is -2.11. The second-order valence-electron chi connectivity index (χ2n) is 5.39. The molecule has 0 heterocycles. The van der Waals surface area contributed by atoms with Crippen molar-refractivity contribution in [1.29, 1.82) is 0 Å². The minimum Gasteiger partial charge on any atom is -0.507 e. The highest BCUT2D eigenvalue weighted by molar-refractivity contribution is 6.11. The highest BCUT2D eigenvalue weighted by Gasteiger charge is 2.17. The van der Waals surface area contributed by atoms with Crippen LogP contribution in [0.1, 0.15) is 15.9 Å². The van der Waals surface area contributed by atoms with Crippen LogP contribution in [0.15, 0.2) is 60.7 Å². The molecular formula is C19H16N2O3. The summed E-state index contributed by atoms with van der Waals surface area (Å²) < 4.78 is 0. The normalized spacial score (nSPS) is 10.4. The average Bonchev–Trinajstić information content (AvgIpc) is 2.58. The Morgan fingerprint density at radius 2 is 1.62 bits per heavy atom. The van der Waals surface area contributed by atoms with Crippen LogP contribution in [0.2, 0.25) is 0 Å². The number of hydrogen-bond acceptors (Lipinski definition) is 3. The Morgan fingerprint density at radius 3 is 2.38 bits per heavy atom. The van der Waals surface area contributed by atoms with Gasteiger partial charge in [-0.05, 0) is 41.5 Å². The van der Waals surface area contributed by atoms with Gasteiger partial charge >= 0.3 is 6.03 Å². The maximum atomic E-state index is 12.3. The van der Waals surface area contributed by atoms with E-state index in [1.165, 1.54) is 0 Å². The number of phenolic OH excluding ortho intramolecular Hbond substituents is 1. The van der Waals surface area contributed by atoms with Crippen LogP contribution in [0.4, 0.5) is 10.5 Å². The molecule has 0 aromatic heterocycles. The Hall–Kier alpha value is -3.34. The molecule has 5 heteroatoms. The van der Waals surface area contributed by atoms with Gasteiger partial charge in [-0.3, -0.25) is 10.1 Å². The molecule has 3 rings (SSSR count). The van der Waals surface area contributed by atoms with Gasteiger partial charge in [-0.15, -0.1) is 0 Å². The van der Waals surface area contributed by atoms with Gasteiger partial charge in [-0.2, -0.15) is 0 Å². The van der Waals surface area contributed by atoms with E-state index >= 15 is 0 Å². The van der Waals surface area contributed by atoms with Crippen molar-refractivity contribution >= 4 is 28.4 Å². The highest BCUT2D eigenvalue weighted by atomic mass is 16.3. The number of carbonyl (C=O) groups excluding carboxylic acids is 2. The molecule has 0 radical (unpaired) electrons. The summed E-state index contributed by atoms with van der Waals surface area (Å²) in [5.74, 6) is -0.784. The van der Waals surface area contributed by atoms with Crippen LogP contribution in [0, 0.1) is 6.92 Å². The van der Waals surface area contributed by atoms with Crippen LogP contribution in [0.3, 0.4) is 0 Å². The lowest BCUT2D eigenvalue weighted by molar-refractivity contribution is 0.0964. The van der Waals surface area contributed by atoms with Crippen LogP contribution in [0.25, 0.3) is 10.8 Å². The van der Waals surface area contributed by atoms with E-state index in [4.69, 9.17) is 0 Å². The van der Waals surface area contributed by atoms with E-state index in [0.29, 0.717) is 11.3 Å². The number of urea groups is 1. The molecule has 0 spiro atoms. The van der Waals surface area contributed by atoms with Crippen molar-refractivity contribution in [3.05, 3.63) is 71.8 Å². The van der Waals surface area contributed by atoms with Crippen molar-refractivity contribution in [3.8, 4) is 5.75 Å². The first-order valence-corrected chi connectivity index (χ1v) is 7.45. The lowest BCUT2D eigenvalue weighted by atomic mass is 10.00. The van der Waals surface area contributed by atoms with Gasteiger partial charge in [0.15, 0.2) is 0 Å². The predicted octanol–water partition coefficient (Wildman–Crippen LogP) is 3.82. The lowest BCUT2D eigenvalue weighted by Crippen LogP contribution is -2.34. The molecule has 3 aromatic carbocycles. The first kappa shape index (κ1) is 15.6. The molecule has 24 heavy (non-hydrogen) atoms. The minimum atomic E-state index is -0.658. The van der Waals surface area contributed by atoms with Crippen LogP contribution in [-0.4, -0.2) is 17.0 Å². The third kappa shape index (κ3) is 3.05. The summed E-state index contributed by atoms with van der Waals surface area (Å²) in [5, 5.41) is 16.7. The first-order chi connectivity index (χ1) is 11.6. The number of aryl methyl sites for hydroxylation is 1. The zero-order chi connectivity index (χ0) is 17.1. The summed E-state index contributed by atoms with van der Waals surface area (Å²) in [6.45, 7) is 1.73. The van der Waals surface area contributed by atoms with Gasteiger partial charge < -0.3 is 10.4 Å². The molecule has 3 aromatic rings. The fourth-order valence-corrected chi connectivity index (χ4v) is 2.55. The molecule has 5 nitrogen and oxygen atoms in total. The molecule has 3 N–H and O–H groups in total. The maximum absolute atomic E-state index is 12.3. The smallest absolute Gasteiger partial charge is 0.326 e. The van der Waals surface area contributed by atoms with Crippen molar-refractivity contribution in [2.24, 2.45) is 0 Å². The number of hydrogen-bond donors (Lipinski definition) is 3. The molecule has 0 bridgehead atoms. The molecular weight excluding hydrogens is 304 g/mol. The molecule has 0 fully saturated rings. The van der Waals surface area contributed by atoms with Gasteiger partial charge in [0, 0.05) is 5.69 Å². The van der Waals surface area contributed by atoms with E-state index in [2.05, 4.69) is 10.6 Å². The van der Waals surface area contributed by atoms with Gasteiger partial charge in [-0.1, -0.05) is 42.5 Å². The van der Waals surface area contributed by atoms with Crippen LogP contribution in [-0.2, 0) is 0 Å². The number of benzene rings is 3. The summed E-state index contributed by atoms with van der Waals surface area (Å²) in [6, 6.07) is 17.1. The van der Waals surface area contributed by atoms with Gasteiger partial charge in [-0.25, -0.2) is 4.79 Å². The molecule has 0 atom stereocenters. The van der Waals surface area contributed by atoms with Gasteiger partial charge in [0.1, 0.15) is 5.75 Å². The number of imide groups is 1. The Bertz CT molecular complexity index is 921. The fourth-order valence-electron chi connectivity index (χ4n) is 2.55. The summed E-state index contributed by atoms with van der Waals surface area (Å²) in [5.41, 5.74) is 1.23. The third-order valence-electron chi connectivity index (χ3n) is 3.78. The van der Waals surface area contributed by atoms with Gasteiger partial charge in [0.05, 0.1) is 5.56 Å². The molecule has 0 aliphatic rings. The number of nitrogens with one attached hydrogen (secondary N) is 2. The molecule has 0 saturated carbocycles. The molecule has 0 unspecified atom stereocenters. The number of aromatic hydroxyl groups is 1. The van der Waals surface area contributed by atoms with E-state index in [1.807, 2.05) is 30.3 Å². The van der Waals surface area contributed by atoms with E-state index < -0.39 is 11.9 Å². The van der Waals surface area contributed by atoms with Crippen LogP contribution < -0.4 is 10.6 Å². The molecule has 0 saturated heterocycles. The summed E-state index contributed by atoms with van der Waals surface area (Å²) in [6.07, 6.45) is 0. The Balaban J connectivity index is 1.83. The van der Waals surface area contributed by atoms with Crippen LogP contribution in [0.5, 0.6) is 5.75 Å². The first-order valence-electron chi connectivity index (χ1n) is 7.45. The number of carbonyl (C=O) groups is 2. The molecule has 3 amide bonds. The fraction of sp³-hybridized carbons (Fsp3) is 0.0526. The molecule has 0 aliphatic heterocycles. The summed E-state index contributed by atoms with van der Waals surface area (Å²) in [7, 11) is 0. The standard InChI is InChI=1S/C19H16N2O3/c1-12-15-10-6-5-7-13(15)11-16(17(12)22)18(23)21-19(24)20-14-8-3-2-4-9-14/h2-11,22H,1H3,(H2,20,21,23,24). The van der Waals surface area contributed by atoms with E-state index in [9.17, 15) is 14.7 Å². The van der Waals surface area contributed by atoms with Crippen molar-refractivity contribution in [2.75, 3.05) is 5.32 Å². The van der Waals surface area contributed by atoms with Crippen molar-refractivity contribution in [1.82, 2.24) is 5.32 Å². The Labute approximate surface area is 138 Å². The number of para-hydroxylation sites is 1. The van der Waals surface area contributed by atoms with Crippen molar-refractivity contribution in [2.45, 2.75) is 6.92 Å². The zero-order valence-electron chi connectivity index (χ0n) is 13.0. The number of phenols is 1. The zero-order valence-corrected chi connectivity index (χ0v) is 13.0. The second kappa shape index (κ2) is 6.42. The topological polar surface area (TPSA) is 78.4 Å². The minimum absolute atomic E-state index is 0.0643. The SMILES string of the molecule is Cc1c(O)c(C(=O)NC(=O)Nc2ccccc2)cc2ccccc12.